The van der Waals surface area contributed by atoms with E-state index >= 15 is 0 Å². The topological polar surface area (TPSA) is 30.2 Å². The van der Waals surface area contributed by atoms with Gasteiger partial charge in [-0.05, 0) is 34.9 Å². The van der Waals surface area contributed by atoms with E-state index in [2.05, 4.69) is 0 Å². The van der Waals surface area contributed by atoms with Crippen molar-refractivity contribution in [2.45, 2.75) is 19.5 Å². The second kappa shape index (κ2) is 6.27. The second-order valence-electron chi connectivity index (χ2n) is 6.34. The molecule has 0 spiro atoms. The lowest BCUT2D eigenvalue weighted by atomic mass is 10.1. The number of fused-ring (bicyclic) bond motifs is 3. The van der Waals surface area contributed by atoms with E-state index in [1.807, 2.05) is 31.2 Å². The van der Waals surface area contributed by atoms with E-state index in [9.17, 15) is 18.0 Å². The van der Waals surface area contributed by atoms with Crippen molar-refractivity contribution in [2.75, 3.05) is 0 Å². The van der Waals surface area contributed by atoms with E-state index in [1.165, 1.54) is 6.07 Å². The molecule has 2 nitrogen and oxygen atoms in total. The molecule has 1 aliphatic carbocycles. The summed E-state index contributed by atoms with van der Waals surface area (Å²) in [4.78, 5) is 12.1. The number of alkyl halides is 3. The van der Waals surface area contributed by atoms with Crippen LogP contribution in [0.1, 0.15) is 22.8 Å². The monoisotopic (exact) mass is 368 g/mol. The number of rotatable bonds is 3. The summed E-state index contributed by atoms with van der Waals surface area (Å²) in [6, 6.07) is 17.6. The van der Waals surface area contributed by atoms with E-state index in [1.54, 1.807) is 30.3 Å². The van der Waals surface area contributed by atoms with E-state index in [4.69, 9.17) is 4.42 Å². The summed E-state index contributed by atoms with van der Waals surface area (Å²) < 4.78 is 45.4. The number of Topliss-reactive ketones (excluding diaryl/α,β-unsaturated/α-hetero) is 1. The number of carbonyl (C=O) groups excluding carboxylic acids is 1. The van der Waals surface area contributed by atoms with Gasteiger partial charge < -0.3 is 4.42 Å². The minimum atomic E-state index is -4.97. The first kappa shape index (κ1) is 17.3. The van der Waals surface area contributed by atoms with E-state index in [0.29, 0.717) is 16.7 Å². The largest absolute Gasteiger partial charge is 0.455 e. The molecule has 0 N–H and O–H groups in total. The van der Waals surface area contributed by atoms with E-state index in [-0.39, 0.29) is 11.1 Å². The molecule has 1 aliphatic heterocycles. The fourth-order valence-electron chi connectivity index (χ4n) is 3.32. The van der Waals surface area contributed by atoms with Crippen molar-refractivity contribution in [3.8, 4) is 22.6 Å². The lowest BCUT2D eigenvalue weighted by Crippen LogP contribution is -2.22. The Labute approximate surface area is 153 Å². The Kier molecular flexibility index (Phi) is 4.02. The lowest BCUT2D eigenvalue weighted by Gasteiger charge is -2.09. The summed E-state index contributed by atoms with van der Waals surface area (Å²) in [5, 5.41) is 0.814. The molecular weight excluding hydrogens is 353 g/mol. The molecule has 0 aromatic heterocycles. The smallest absolute Gasteiger partial charge is 0.455 e. The predicted molar refractivity (Wildman–Crippen MR) is 98.0 cm³/mol. The average Bonchev–Trinajstić information content (AvgIpc) is 3.00. The van der Waals surface area contributed by atoms with Crippen molar-refractivity contribution >= 4 is 16.6 Å². The SMILES string of the molecule is CCc1ccc(-c2ccc3c4ccccc4c(C(=O)C(F)(F)F)c-3o2)cc1. The summed E-state index contributed by atoms with van der Waals surface area (Å²) in [7, 11) is 0. The van der Waals surface area contributed by atoms with Crippen LogP contribution < -0.4 is 0 Å². The van der Waals surface area contributed by atoms with Crippen LogP contribution in [0.5, 0.6) is 0 Å². The lowest BCUT2D eigenvalue weighted by molar-refractivity contribution is -0.0884. The van der Waals surface area contributed by atoms with Crippen molar-refractivity contribution in [2.24, 2.45) is 0 Å². The van der Waals surface area contributed by atoms with Crippen molar-refractivity contribution in [1.82, 2.24) is 0 Å². The van der Waals surface area contributed by atoms with Crippen molar-refractivity contribution in [3.05, 3.63) is 71.8 Å². The number of halogens is 3. The fraction of sp³-hybridized carbons (Fsp3) is 0.136. The van der Waals surface area contributed by atoms with Gasteiger partial charge in [0.25, 0.3) is 5.78 Å². The molecule has 0 amide bonds. The third-order valence-electron chi connectivity index (χ3n) is 4.70. The van der Waals surface area contributed by atoms with E-state index in [0.717, 1.165) is 17.5 Å². The molecule has 27 heavy (non-hydrogen) atoms. The van der Waals surface area contributed by atoms with Gasteiger partial charge in [0, 0.05) is 11.1 Å². The first-order chi connectivity index (χ1) is 12.9. The van der Waals surface area contributed by atoms with Gasteiger partial charge in [0.2, 0.25) is 0 Å². The minimum Gasteiger partial charge on any atom is -0.455 e. The number of benzene rings is 2. The molecule has 2 aromatic rings. The van der Waals surface area contributed by atoms with Crippen LogP contribution in [0.25, 0.3) is 33.4 Å². The Balaban J connectivity index is 1.97. The van der Waals surface area contributed by atoms with Gasteiger partial charge in [0.15, 0.2) is 0 Å². The highest BCUT2D eigenvalue weighted by atomic mass is 19.4. The number of carbonyl (C=O) groups is 1. The molecule has 4 rings (SSSR count). The van der Waals surface area contributed by atoms with Crippen LogP contribution in [-0.4, -0.2) is 12.0 Å². The van der Waals surface area contributed by atoms with Gasteiger partial charge in [-0.15, -0.1) is 0 Å². The molecule has 5 heteroatoms. The zero-order valence-electron chi connectivity index (χ0n) is 14.4. The Morgan fingerprint density at radius 1 is 0.926 bits per heavy atom. The molecule has 0 saturated heterocycles. The molecule has 2 aromatic carbocycles. The molecule has 1 heterocycles. The second-order valence-corrected chi connectivity index (χ2v) is 6.34. The van der Waals surface area contributed by atoms with Crippen LogP contribution >= 0.6 is 0 Å². The highest BCUT2D eigenvalue weighted by molar-refractivity contribution is 6.20. The zero-order valence-corrected chi connectivity index (χ0v) is 14.4. The average molecular weight is 368 g/mol. The molecule has 0 atom stereocenters. The standard InChI is InChI=1S/C22H15F3O2/c1-2-13-7-9-14(10-8-13)18-12-11-17-15-5-3-4-6-16(15)19(20(17)27-18)21(26)22(23,24)25/h3-12H,2H2,1H3. The summed E-state index contributed by atoms with van der Waals surface area (Å²) in [6.07, 6.45) is -4.09. The molecular formula is C22H15F3O2. The Hall–Kier alpha value is -3.08. The zero-order chi connectivity index (χ0) is 19.2. The molecule has 0 saturated carbocycles. The summed E-state index contributed by atoms with van der Waals surface area (Å²) in [5.41, 5.74) is 1.95. The van der Waals surface area contributed by atoms with Crippen LogP contribution in [0.4, 0.5) is 13.2 Å². The first-order valence-corrected chi connectivity index (χ1v) is 8.55. The van der Waals surface area contributed by atoms with Crippen LogP contribution in [0.3, 0.4) is 0 Å². The molecule has 2 aliphatic rings. The van der Waals surface area contributed by atoms with Crippen molar-refractivity contribution in [1.29, 1.82) is 0 Å². The number of aryl methyl sites for hydroxylation is 1. The first-order valence-electron chi connectivity index (χ1n) is 8.55. The molecule has 0 radical (unpaired) electrons. The van der Waals surface area contributed by atoms with Gasteiger partial charge in [-0.1, -0.05) is 55.5 Å². The highest BCUT2D eigenvalue weighted by Crippen LogP contribution is 2.43. The van der Waals surface area contributed by atoms with Gasteiger partial charge in [-0.3, -0.25) is 4.79 Å². The van der Waals surface area contributed by atoms with Crippen molar-refractivity contribution in [3.63, 3.8) is 0 Å². The van der Waals surface area contributed by atoms with Crippen molar-refractivity contribution < 1.29 is 22.4 Å². The summed E-state index contributed by atoms with van der Waals surface area (Å²) >= 11 is 0. The third kappa shape index (κ3) is 2.89. The normalized spacial score (nSPS) is 12.0. The number of hydrogen-bond donors (Lipinski definition) is 0. The Morgan fingerprint density at radius 3 is 2.22 bits per heavy atom. The van der Waals surface area contributed by atoms with Gasteiger partial charge >= 0.3 is 6.18 Å². The van der Waals surface area contributed by atoms with Gasteiger partial charge in [-0.25, -0.2) is 0 Å². The summed E-state index contributed by atoms with van der Waals surface area (Å²) in [5.74, 6) is -1.51. The number of hydrogen-bond acceptors (Lipinski definition) is 2. The quantitative estimate of drug-likeness (QED) is 0.386. The fourth-order valence-corrected chi connectivity index (χ4v) is 3.32. The number of ketones is 1. The van der Waals surface area contributed by atoms with E-state index < -0.39 is 17.5 Å². The van der Waals surface area contributed by atoms with Crippen LogP contribution in [-0.2, 0) is 6.42 Å². The maximum absolute atomic E-state index is 13.2. The molecule has 0 fully saturated rings. The highest BCUT2D eigenvalue weighted by Gasteiger charge is 2.43. The Morgan fingerprint density at radius 2 is 1.59 bits per heavy atom. The maximum Gasteiger partial charge on any atom is 0.455 e. The van der Waals surface area contributed by atoms with Crippen LogP contribution in [0.15, 0.2) is 65.1 Å². The third-order valence-corrected chi connectivity index (χ3v) is 4.70. The molecule has 0 bridgehead atoms. The van der Waals surface area contributed by atoms with Gasteiger partial charge in [-0.2, -0.15) is 13.2 Å². The predicted octanol–water partition coefficient (Wildman–Crippen LogP) is 6.51. The Bertz CT molecular complexity index is 1100. The minimum absolute atomic E-state index is 0.0319. The van der Waals surface area contributed by atoms with Gasteiger partial charge in [0.1, 0.15) is 11.5 Å². The summed E-state index contributed by atoms with van der Waals surface area (Å²) in [6.45, 7) is 2.04. The molecule has 0 unspecified atom stereocenters. The maximum atomic E-state index is 13.2. The molecule has 136 valence electrons. The van der Waals surface area contributed by atoms with Crippen LogP contribution in [0.2, 0.25) is 0 Å². The van der Waals surface area contributed by atoms with Gasteiger partial charge in [0.05, 0.1) is 5.56 Å². The van der Waals surface area contributed by atoms with Crippen LogP contribution in [0, 0.1) is 0 Å².